The number of carbonyl (C=O) groups is 1. The lowest BCUT2D eigenvalue weighted by Gasteiger charge is -2.08. The van der Waals surface area contributed by atoms with Gasteiger partial charge in [0.1, 0.15) is 16.2 Å². The molecule has 2 heterocycles. The fourth-order valence-corrected chi connectivity index (χ4v) is 5.47. The van der Waals surface area contributed by atoms with Crippen LogP contribution >= 0.6 is 11.3 Å². The van der Waals surface area contributed by atoms with Gasteiger partial charge in [-0.25, -0.2) is 4.98 Å². The standard InChI is InChI=1S/C21H18N4O8S2/c1-31-15-8-13-14(9-16(15)32-2)24(10-23-13)18-7-12(20(34-18)21(22)26)11-5-4-6-17(19(11)25(27)28)35(29,30)33-3/h4-10H,1-3H3,(H2,22,26). The average Bonchev–Trinajstić information content (AvgIpc) is 3.46. The number of methoxy groups -OCH3 is 2. The first-order valence-corrected chi connectivity index (χ1v) is 12.0. The van der Waals surface area contributed by atoms with Gasteiger partial charge in [0.15, 0.2) is 16.4 Å². The molecule has 0 aliphatic heterocycles. The molecule has 0 radical (unpaired) electrons. The normalized spacial score (nSPS) is 11.5. The second-order valence-corrected chi connectivity index (χ2v) is 9.74. The Morgan fingerprint density at radius 2 is 1.80 bits per heavy atom. The second kappa shape index (κ2) is 8.98. The third-order valence-corrected chi connectivity index (χ3v) is 7.65. The maximum Gasteiger partial charge on any atom is 0.303 e. The molecule has 0 unspecified atom stereocenters. The van der Waals surface area contributed by atoms with Gasteiger partial charge in [-0.1, -0.05) is 6.07 Å². The molecular formula is C21H18N4O8S2. The summed E-state index contributed by atoms with van der Waals surface area (Å²) >= 11 is 0.971. The van der Waals surface area contributed by atoms with E-state index in [1.807, 2.05) is 0 Å². The summed E-state index contributed by atoms with van der Waals surface area (Å²) in [6, 6.07) is 8.59. The number of fused-ring (bicyclic) bond motifs is 1. The SMILES string of the molecule is COc1cc2ncn(-c3cc(-c4cccc(S(=O)(=O)OC)c4[N+](=O)[O-])c(C(N)=O)s3)c2cc1OC. The fraction of sp³-hybridized carbons (Fsp3) is 0.143. The van der Waals surface area contributed by atoms with Crippen LogP contribution in [-0.2, 0) is 14.3 Å². The van der Waals surface area contributed by atoms with Gasteiger partial charge in [0.05, 0.1) is 42.8 Å². The zero-order chi connectivity index (χ0) is 25.5. The Morgan fingerprint density at radius 1 is 1.11 bits per heavy atom. The molecule has 1 amide bonds. The van der Waals surface area contributed by atoms with Crippen LogP contribution in [0, 0.1) is 10.1 Å². The Hall–Kier alpha value is -4.01. The van der Waals surface area contributed by atoms with Gasteiger partial charge in [0.2, 0.25) is 0 Å². The Balaban J connectivity index is 1.99. The van der Waals surface area contributed by atoms with Gasteiger partial charge in [-0.2, -0.15) is 8.42 Å². The molecule has 2 aromatic carbocycles. The topological polar surface area (TPSA) is 166 Å². The molecule has 0 bridgehead atoms. The van der Waals surface area contributed by atoms with Gasteiger partial charge in [0.25, 0.3) is 11.6 Å². The van der Waals surface area contributed by atoms with Gasteiger partial charge in [-0.3, -0.25) is 23.7 Å². The number of nitro benzene ring substituents is 1. The fourth-order valence-electron chi connectivity index (χ4n) is 3.61. The molecule has 2 aromatic heterocycles. The van der Waals surface area contributed by atoms with Crippen LogP contribution in [0.4, 0.5) is 5.69 Å². The molecule has 0 aliphatic carbocycles. The predicted molar refractivity (Wildman–Crippen MR) is 127 cm³/mol. The summed E-state index contributed by atoms with van der Waals surface area (Å²) in [5.41, 5.74) is 6.02. The van der Waals surface area contributed by atoms with E-state index in [1.165, 1.54) is 38.7 Å². The van der Waals surface area contributed by atoms with E-state index >= 15 is 0 Å². The number of para-hydroxylation sites is 1. The number of nitro groups is 1. The minimum Gasteiger partial charge on any atom is -0.493 e. The highest BCUT2D eigenvalue weighted by Crippen LogP contribution is 2.42. The molecule has 0 saturated carbocycles. The van der Waals surface area contributed by atoms with Crippen LogP contribution in [0.2, 0.25) is 0 Å². The summed E-state index contributed by atoms with van der Waals surface area (Å²) in [6.07, 6.45) is 1.50. The van der Waals surface area contributed by atoms with E-state index in [1.54, 1.807) is 16.7 Å². The van der Waals surface area contributed by atoms with Crippen molar-refractivity contribution >= 4 is 44.1 Å². The van der Waals surface area contributed by atoms with Crippen molar-refractivity contribution in [1.29, 1.82) is 0 Å². The Kier molecular flexibility index (Phi) is 6.19. The van der Waals surface area contributed by atoms with Crippen molar-refractivity contribution in [2.45, 2.75) is 4.90 Å². The number of rotatable bonds is 8. The lowest BCUT2D eigenvalue weighted by atomic mass is 10.0. The zero-order valence-corrected chi connectivity index (χ0v) is 20.2. The molecule has 2 N–H and O–H groups in total. The first-order valence-electron chi connectivity index (χ1n) is 9.74. The summed E-state index contributed by atoms with van der Waals surface area (Å²) in [5, 5.41) is 12.4. The Morgan fingerprint density at radius 3 is 2.40 bits per heavy atom. The number of imidazole rings is 1. The number of nitrogens with two attached hydrogens (primary N) is 1. The van der Waals surface area contributed by atoms with Crippen molar-refractivity contribution in [3.8, 4) is 27.6 Å². The van der Waals surface area contributed by atoms with Crippen LogP contribution in [0.15, 0.2) is 47.6 Å². The number of ether oxygens (including phenoxy) is 2. The van der Waals surface area contributed by atoms with E-state index in [-0.39, 0.29) is 16.0 Å². The number of hydrogen-bond acceptors (Lipinski definition) is 10. The van der Waals surface area contributed by atoms with Crippen molar-refractivity contribution in [2.75, 3.05) is 21.3 Å². The van der Waals surface area contributed by atoms with E-state index < -0.39 is 31.5 Å². The van der Waals surface area contributed by atoms with Gasteiger partial charge in [0, 0.05) is 17.7 Å². The third kappa shape index (κ3) is 4.07. The summed E-state index contributed by atoms with van der Waals surface area (Å²) < 4.78 is 41.4. The summed E-state index contributed by atoms with van der Waals surface area (Å²) in [6.45, 7) is 0. The molecule has 14 heteroatoms. The van der Waals surface area contributed by atoms with Crippen LogP contribution in [0.3, 0.4) is 0 Å². The minimum absolute atomic E-state index is 0.00242. The monoisotopic (exact) mass is 518 g/mol. The second-order valence-electron chi connectivity index (χ2n) is 7.03. The van der Waals surface area contributed by atoms with Crippen LogP contribution in [0.1, 0.15) is 9.67 Å². The molecule has 35 heavy (non-hydrogen) atoms. The van der Waals surface area contributed by atoms with E-state index in [4.69, 9.17) is 15.2 Å². The van der Waals surface area contributed by atoms with Crippen molar-refractivity contribution in [3.63, 3.8) is 0 Å². The molecule has 0 saturated heterocycles. The number of aromatic nitrogens is 2. The number of carbonyl (C=O) groups excluding carboxylic acids is 1. The smallest absolute Gasteiger partial charge is 0.303 e. The highest BCUT2D eigenvalue weighted by Gasteiger charge is 2.32. The molecule has 4 rings (SSSR count). The molecule has 12 nitrogen and oxygen atoms in total. The molecule has 0 fully saturated rings. The number of thiophene rings is 1. The van der Waals surface area contributed by atoms with Gasteiger partial charge in [-0.15, -0.1) is 11.3 Å². The van der Waals surface area contributed by atoms with Crippen LogP contribution < -0.4 is 15.2 Å². The van der Waals surface area contributed by atoms with E-state index in [9.17, 15) is 23.3 Å². The number of hydrogen-bond donors (Lipinski definition) is 1. The molecule has 4 aromatic rings. The van der Waals surface area contributed by atoms with E-state index in [2.05, 4.69) is 9.17 Å². The summed E-state index contributed by atoms with van der Waals surface area (Å²) in [7, 11) is -0.532. The lowest BCUT2D eigenvalue weighted by Crippen LogP contribution is -2.11. The zero-order valence-electron chi connectivity index (χ0n) is 18.5. The molecule has 0 spiro atoms. The first kappa shape index (κ1) is 24.1. The Bertz CT molecular complexity index is 1590. The molecule has 0 aliphatic rings. The van der Waals surface area contributed by atoms with Gasteiger partial charge >= 0.3 is 10.1 Å². The van der Waals surface area contributed by atoms with Crippen LogP contribution in [0.25, 0.3) is 27.2 Å². The molecular weight excluding hydrogens is 500 g/mol. The lowest BCUT2D eigenvalue weighted by molar-refractivity contribution is -0.387. The van der Waals surface area contributed by atoms with Crippen molar-refractivity contribution < 1.29 is 31.8 Å². The maximum atomic E-state index is 12.3. The number of amides is 1. The van der Waals surface area contributed by atoms with Crippen LogP contribution in [0.5, 0.6) is 11.5 Å². The third-order valence-electron chi connectivity index (χ3n) is 5.19. The number of nitrogens with zero attached hydrogens (tertiary/aromatic N) is 3. The number of benzene rings is 2. The molecule has 182 valence electrons. The number of primary amides is 1. The van der Waals surface area contributed by atoms with Gasteiger partial charge in [-0.05, 0) is 18.2 Å². The Labute approximate surface area is 202 Å². The summed E-state index contributed by atoms with van der Waals surface area (Å²) in [5.74, 6) is 0.0812. The molecule has 0 atom stereocenters. The highest BCUT2D eigenvalue weighted by molar-refractivity contribution is 7.87. The highest BCUT2D eigenvalue weighted by atomic mass is 32.2. The quantitative estimate of drug-likeness (QED) is 0.209. The van der Waals surface area contributed by atoms with E-state index in [0.29, 0.717) is 27.5 Å². The van der Waals surface area contributed by atoms with Crippen LogP contribution in [-0.4, -0.2) is 50.1 Å². The van der Waals surface area contributed by atoms with Crippen molar-refractivity contribution in [2.24, 2.45) is 5.73 Å². The largest absolute Gasteiger partial charge is 0.493 e. The summed E-state index contributed by atoms with van der Waals surface area (Å²) in [4.78, 5) is 27.1. The first-order chi connectivity index (χ1) is 16.6. The minimum atomic E-state index is -4.41. The average molecular weight is 519 g/mol. The van der Waals surface area contributed by atoms with Crippen molar-refractivity contribution in [1.82, 2.24) is 9.55 Å². The maximum absolute atomic E-state index is 12.3. The van der Waals surface area contributed by atoms with E-state index in [0.717, 1.165) is 24.5 Å². The predicted octanol–water partition coefficient (Wildman–Crippen LogP) is 3.11. The van der Waals surface area contributed by atoms with Crippen molar-refractivity contribution in [3.05, 3.63) is 57.7 Å². The van der Waals surface area contributed by atoms with Gasteiger partial charge < -0.3 is 15.2 Å².